The summed E-state index contributed by atoms with van der Waals surface area (Å²) >= 11 is 11.7. The molecule has 0 aliphatic carbocycles. The lowest BCUT2D eigenvalue weighted by molar-refractivity contribution is 0.0593. The minimum Gasteiger partial charge on any atom is -0.492 e. The van der Waals surface area contributed by atoms with Crippen LogP contribution in [0.3, 0.4) is 0 Å². The van der Waals surface area contributed by atoms with Crippen molar-refractivity contribution in [3.05, 3.63) is 81.6 Å². The molecule has 0 saturated carbocycles. The van der Waals surface area contributed by atoms with Crippen molar-refractivity contribution in [2.45, 2.75) is 0 Å². The van der Waals surface area contributed by atoms with Crippen LogP contribution >= 0.6 is 23.2 Å². The summed E-state index contributed by atoms with van der Waals surface area (Å²) in [5.74, 6) is -4.41. The van der Waals surface area contributed by atoms with Gasteiger partial charge in [0.15, 0.2) is 46.2 Å². The van der Waals surface area contributed by atoms with Crippen LogP contribution in [-0.4, -0.2) is 58.3 Å². The quantitative estimate of drug-likeness (QED) is 0.192. The second-order valence-electron chi connectivity index (χ2n) is 8.48. The van der Waals surface area contributed by atoms with Crippen LogP contribution in [0.2, 0.25) is 10.0 Å². The number of carbonyl (C=O) groups excluding carboxylic acids is 1. The van der Waals surface area contributed by atoms with Crippen molar-refractivity contribution in [3.8, 4) is 34.3 Å². The summed E-state index contributed by atoms with van der Waals surface area (Å²) in [6.07, 6.45) is 2.55. The van der Waals surface area contributed by atoms with Gasteiger partial charge < -0.3 is 30.8 Å². The highest BCUT2D eigenvalue weighted by molar-refractivity contribution is 6.32. The third-order valence-corrected chi connectivity index (χ3v) is 6.52. The number of nitrogens with two attached hydrogens (primary N) is 2. The summed E-state index contributed by atoms with van der Waals surface area (Å²) in [4.78, 5) is 38.9. The summed E-state index contributed by atoms with van der Waals surface area (Å²) in [5.41, 5.74) is 11.2. The SMILES string of the molecule is C=Cc1c(N)nc(-c2ccc(Cl)c(OC)c2F)nc1C(=O)O.C=Cc1c(N)nc(-c2ccc(Cl)c(OC)c2F)nc1C(=O)OC. The van der Waals surface area contributed by atoms with Crippen LogP contribution in [0, 0.1) is 11.6 Å². The van der Waals surface area contributed by atoms with Gasteiger partial charge in [-0.25, -0.2) is 38.3 Å². The average molecular weight is 661 g/mol. The van der Waals surface area contributed by atoms with E-state index < -0.39 is 23.6 Å². The maximum absolute atomic E-state index is 14.5. The van der Waals surface area contributed by atoms with Gasteiger partial charge >= 0.3 is 11.9 Å². The number of esters is 1. The molecule has 12 nitrogen and oxygen atoms in total. The molecular formula is C29H24Cl2F2N6O6. The predicted molar refractivity (Wildman–Crippen MR) is 165 cm³/mol. The molecule has 0 aliphatic rings. The molecule has 0 unspecified atom stereocenters. The lowest BCUT2D eigenvalue weighted by atomic mass is 10.1. The molecule has 2 heterocycles. The number of carbonyl (C=O) groups is 2. The predicted octanol–water partition coefficient (Wildman–Crippen LogP) is 5.82. The Morgan fingerprint density at radius 3 is 1.53 bits per heavy atom. The molecule has 5 N–H and O–H groups in total. The number of anilines is 2. The number of ether oxygens (including phenoxy) is 3. The number of carboxylic acids is 1. The number of benzene rings is 2. The Bertz CT molecular complexity index is 1840. The second-order valence-corrected chi connectivity index (χ2v) is 9.29. The van der Waals surface area contributed by atoms with Crippen LogP contribution in [0.25, 0.3) is 34.9 Å². The lowest BCUT2D eigenvalue weighted by Gasteiger charge is -2.11. The highest BCUT2D eigenvalue weighted by Crippen LogP contribution is 2.35. The summed E-state index contributed by atoms with van der Waals surface area (Å²) < 4.78 is 43.3. The molecule has 0 radical (unpaired) electrons. The Morgan fingerprint density at radius 1 is 0.778 bits per heavy atom. The zero-order valence-corrected chi connectivity index (χ0v) is 25.3. The lowest BCUT2D eigenvalue weighted by Crippen LogP contribution is -2.12. The summed E-state index contributed by atoms with van der Waals surface area (Å²) in [6.45, 7) is 7.01. The van der Waals surface area contributed by atoms with E-state index in [2.05, 4.69) is 37.8 Å². The number of methoxy groups -OCH3 is 3. The highest BCUT2D eigenvalue weighted by atomic mass is 35.5. The van der Waals surface area contributed by atoms with Gasteiger partial charge in [-0.3, -0.25) is 0 Å². The number of halogens is 4. The van der Waals surface area contributed by atoms with Gasteiger partial charge in [-0.15, -0.1) is 0 Å². The number of hydrogen-bond acceptors (Lipinski definition) is 11. The van der Waals surface area contributed by atoms with Gasteiger partial charge in [0, 0.05) is 11.1 Å². The molecular weight excluding hydrogens is 637 g/mol. The topological polar surface area (TPSA) is 186 Å². The van der Waals surface area contributed by atoms with Gasteiger partial charge in [-0.1, -0.05) is 48.5 Å². The first-order valence-electron chi connectivity index (χ1n) is 12.3. The number of nitrogen functional groups attached to an aromatic ring is 2. The maximum Gasteiger partial charge on any atom is 0.357 e. The van der Waals surface area contributed by atoms with Crippen LogP contribution in [-0.2, 0) is 4.74 Å². The second kappa shape index (κ2) is 14.4. The standard InChI is InChI=1S/C15H13ClFN3O3.C14H11ClFN3O3/c1-4-7-11(15(21)23-3)19-14(20-13(7)18)8-5-6-9(16)12(22-2)10(8)17;1-3-6-10(14(20)21)18-13(19-12(6)17)7-4-5-8(15)11(22-2)9(7)16/h4-6H,1H2,2-3H3,(H2,18,19,20);3-5H,1H2,2H3,(H,20,21)(H2,17,18,19). The highest BCUT2D eigenvalue weighted by Gasteiger charge is 2.23. The Morgan fingerprint density at radius 2 is 1.18 bits per heavy atom. The zero-order chi connectivity index (χ0) is 33.6. The van der Waals surface area contributed by atoms with Crippen molar-refractivity contribution in [1.29, 1.82) is 0 Å². The smallest absolute Gasteiger partial charge is 0.357 e. The van der Waals surface area contributed by atoms with Gasteiger partial charge in [0.1, 0.15) is 11.6 Å². The first kappa shape index (κ1) is 34.2. The molecule has 16 heteroatoms. The van der Waals surface area contributed by atoms with E-state index in [1.165, 1.54) is 57.7 Å². The molecule has 0 aliphatic heterocycles. The minimum absolute atomic E-state index is 0.0151. The van der Waals surface area contributed by atoms with Crippen molar-refractivity contribution in [2.24, 2.45) is 0 Å². The number of aromatic carboxylic acids is 1. The van der Waals surface area contributed by atoms with Gasteiger partial charge in [-0.2, -0.15) is 0 Å². The van der Waals surface area contributed by atoms with E-state index in [1.54, 1.807) is 0 Å². The monoisotopic (exact) mass is 660 g/mol. The van der Waals surface area contributed by atoms with Gasteiger partial charge in [0.05, 0.1) is 42.5 Å². The normalized spacial score (nSPS) is 10.3. The number of nitrogens with zero attached hydrogens (tertiary/aromatic N) is 4. The number of aromatic nitrogens is 4. The molecule has 45 heavy (non-hydrogen) atoms. The van der Waals surface area contributed by atoms with E-state index in [1.807, 2.05) is 0 Å². The summed E-state index contributed by atoms with van der Waals surface area (Å²) in [5, 5.41) is 9.34. The van der Waals surface area contributed by atoms with E-state index in [9.17, 15) is 23.5 Å². The fourth-order valence-corrected chi connectivity index (χ4v) is 4.26. The molecule has 2 aromatic heterocycles. The van der Waals surface area contributed by atoms with E-state index in [0.717, 1.165) is 0 Å². The molecule has 0 fully saturated rings. The van der Waals surface area contributed by atoms with Crippen LogP contribution in [0.4, 0.5) is 20.4 Å². The third kappa shape index (κ3) is 6.92. The summed E-state index contributed by atoms with van der Waals surface area (Å²) in [7, 11) is 3.73. The van der Waals surface area contributed by atoms with E-state index in [4.69, 9.17) is 44.1 Å². The van der Waals surface area contributed by atoms with Crippen molar-refractivity contribution >= 4 is 58.9 Å². The summed E-state index contributed by atoms with van der Waals surface area (Å²) in [6, 6.07) is 5.50. The number of rotatable bonds is 8. The van der Waals surface area contributed by atoms with Crippen molar-refractivity contribution in [3.63, 3.8) is 0 Å². The first-order valence-corrected chi connectivity index (χ1v) is 13.1. The van der Waals surface area contributed by atoms with E-state index in [0.29, 0.717) is 0 Å². The van der Waals surface area contributed by atoms with Crippen molar-refractivity contribution in [1.82, 2.24) is 19.9 Å². The Kier molecular flexibility index (Phi) is 10.9. The molecule has 234 valence electrons. The first-order chi connectivity index (χ1) is 21.3. The third-order valence-electron chi connectivity index (χ3n) is 5.93. The fourth-order valence-electron chi connectivity index (χ4n) is 3.82. The molecule has 0 spiro atoms. The molecule has 4 rings (SSSR count). The van der Waals surface area contributed by atoms with Crippen molar-refractivity contribution in [2.75, 3.05) is 32.8 Å². The Hall–Kier alpha value is -5.34. The molecule has 0 bridgehead atoms. The molecule has 0 atom stereocenters. The largest absolute Gasteiger partial charge is 0.492 e. The van der Waals surface area contributed by atoms with Gasteiger partial charge in [0.25, 0.3) is 0 Å². The Labute approximate surface area is 264 Å². The van der Waals surface area contributed by atoms with E-state index >= 15 is 0 Å². The van der Waals surface area contributed by atoms with E-state index in [-0.39, 0.29) is 78.5 Å². The van der Waals surface area contributed by atoms with Gasteiger partial charge in [0.2, 0.25) is 0 Å². The molecule has 0 saturated heterocycles. The van der Waals surface area contributed by atoms with Gasteiger partial charge in [-0.05, 0) is 24.3 Å². The van der Waals surface area contributed by atoms with Crippen molar-refractivity contribution < 1.29 is 37.7 Å². The van der Waals surface area contributed by atoms with Crippen LogP contribution in [0.1, 0.15) is 32.1 Å². The minimum atomic E-state index is -1.33. The fraction of sp³-hybridized carbons (Fsp3) is 0.103. The number of carboxylic acid groups (broad SMARTS) is 1. The molecule has 0 amide bonds. The molecule has 2 aromatic carbocycles. The Balaban J connectivity index is 0.000000246. The zero-order valence-electron chi connectivity index (χ0n) is 23.8. The van der Waals surface area contributed by atoms with Crippen LogP contribution < -0.4 is 20.9 Å². The van der Waals surface area contributed by atoms with Crippen LogP contribution in [0.5, 0.6) is 11.5 Å². The average Bonchev–Trinajstić information content (AvgIpc) is 3.00. The maximum atomic E-state index is 14.5. The van der Waals surface area contributed by atoms with Crippen LogP contribution in [0.15, 0.2) is 37.4 Å². The number of hydrogen-bond donors (Lipinski definition) is 3. The molecule has 4 aromatic rings.